The van der Waals surface area contributed by atoms with E-state index in [0.29, 0.717) is 6.61 Å². The van der Waals surface area contributed by atoms with E-state index in [0.717, 1.165) is 29.5 Å². The monoisotopic (exact) mass is 323 g/mol. The van der Waals surface area contributed by atoms with Crippen molar-refractivity contribution in [3.8, 4) is 5.75 Å². The van der Waals surface area contributed by atoms with E-state index in [2.05, 4.69) is 24.3 Å². The van der Waals surface area contributed by atoms with Crippen LogP contribution in [0.3, 0.4) is 0 Å². The fourth-order valence-corrected chi connectivity index (χ4v) is 2.78. The lowest BCUT2D eigenvalue weighted by Gasteiger charge is -2.06. The van der Waals surface area contributed by atoms with Gasteiger partial charge in [-0.25, -0.2) is 4.79 Å². The van der Waals surface area contributed by atoms with E-state index in [4.69, 9.17) is 9.47 Å². The fourth-order valence-electron chi connectivity index (χ4n) is 2.78. The van der Waals surface area contributed by atoms with Crippen LogP contribution in [0.25, 0.3) is 10.9 Å². The molecule has 0 saturated heterocycles. The molecule has 24 heavy (non-hydrogen) atoms. The molecule has 0 aliphatic heterocycles. The summed E-state index contributed by atoms with van der Waals surface area (Å²) in [5.74, 6) is 0.875. The number of carbonyl (C=O) groups excluding carboxylic acids is 1. The van der Waals surface area contributed by atoms with E-state index in [1.165, 1.54) is 11.1 Å². The van der Waals surface area contributed by atoms with Gasteiger partial charge in [-0.1, -0.05) is 18.2 Å². The molecule has 0 fully saturated rings. The number of methoxy groups -OCH3 is 1. The van der Waals surface area contributed by atoms with Gasteiger partial charge in [-0.3, -0.25) is 4.57 Å². The number of aryl methyl sites for hydroxylation is 2. The second-order valence-corrected chi connectivity index (χ2v) is 5.63. The zero-order chi connectivity index (χ0) is 16.9. The number of ether oxygens (including phenoxy) is 2. The molecule has 4 nitrogen and oxygen atoms in total. The van der Waals surface area contributed by atoms with E-state index >= 15 is 0 Å². The predicted molar refractivity (Wildman–Crippen MR) is 94.8 cm³/mol. The van der Waals surface area contributed by atoms with Crippen molar-refractivity contribution >= 4 is 17.0 Å². The number of carbonyl (C=O) groups is 1. The maximum absolute atomic E-state index is 11.9. The normalized spacial score (nSPS) is 10.8. The van der Waals surface area contributed by atoms with E-state index < -0.39 is 0 Å². The Morgan fingerprint density at radius 1 is 1.00 bits per heavy atom. The molecule has 0 spiro atoms. The molecule has 0 saturated carbocycles. The molecule has 3 aromatic rings. The highest BCUT2D eigenvalue weighted by atomic mass is 16.5. The quantitative estimate of drug-likeness (QED) is 0.697. The summed E-state index contributed by atoms with van der Waals surface area (Å²) in [5.41, 5.74) is 3.40. The van der Waals surface area contributed by atoms with Gasteiger partial charge in [0, 0.05) is 11.6 Å². The lowest BCUT2D eigenvalue weighted by atomic mass is 10.0. The van der Waals surface area contributed by atoms with Crippen molar-refractivity contribution in [3.05, 3.63) is 65.9 Å². The first-order valence-electron chi connectivity index (χ1n) is 8.11. The zero-order valence-corrected chi connectivity index (χ0v) is 14.0. The molecule has 0 bridgehead atoms. The summed E-state index contributed by atoms with van der Waals surface area (Å²) in [6.45, 7) is 2.18. The van der Waals surface area contributed by atoms with Crippen LogP contribution in [0, 0.1) is 0 Å². The summed E-state index contributed by atoms with van der Waals surface area (Å²) in [6, 6.07) is 16.3. The Morgan fingerprint density at radius 2 is 1.71 bits per heavy atom. The number of hydrogen-bond acceptors (Lipinski definition) is 3. The first-order valence-corrected chi connectivity index (χ1v) is 8.11. The first kappa shape index (κ1) is 16.1. The summed E-state index contributed by atoms with van der Waals surface area (Å²) >= 11 is 0. The lowest BCUT2D eigenvalue weighted by molar-refractivity contribution is 0.155. The third-order valence-corrected chi connectivity index (χ3v) is 4.08. The van der Waals surface area contributed by atoms with E-state index in [-0.39, 0.29) is 6.09 Å². The molecule has 0 unspecified atom stereocenters. The largest absolute Gasteiger partial charge is 0.497 e. The molecule has 1 aromatic heterocycles. The zero-order valence-electron chi connectivity index (χ0n) is 14.0. The number of nitrogens with zero attached hydrogens (tertiary/aromatic N) is 1. The van der Waals surface area contributed by atoms with Gasteiger partial charge < -0.3 is 9.47 Å². The number of benzene rings is 2. The molecular weight excluding hydrogens is 302 g/mol. The Balaban J connectivity index is 1.72. The van der Waals surface area contributed by atoms with Crippen LogP contribution in [0.1, 0.15) is 18.1 Å². The standard InChI is InChI=1S/C20H21NO3/c1-3-24-20(22)21-13-12-17-14-16(8-11-19(17)21)5-4-15-6-9-18(23-2)10-7-15/h6-14H,3-5H2,1-2H3. The third-order valence-electron chi connectivity index (χ3n) is 4.08. The highest BCUT2D eigenvalue weighted by molar-refractivity contribution is 5.89. The van der Waals surface area contributed by atoms with Crippen molar-refractivity contribution in [1.29, 1.82) is 0 Å². The molecule has 0 amide bonds. The smallest absolute Gasteiger partial charge is 0.418 e. The van der Waals surface area contributed by atoms with Crippen LogP contribution in [0.5, 0.6) is 5.75 Å². The van der Waals surface area contributed by atoms with Gasteiger partial charge in [0.2, 0.25) is 0 Å². The topological polar surface area (TPSA) is 40.5 Å². The maximum Gasteiger partial charge on any atom is 0.418 e. The van der Waals surface area contributed by atoms with Gasteiger partial charge in [0.25, 0.3) is 0 Å². The van der Waals surface area contributed by atoms with Gasteiger partial charge in [0.1, 0.15) is 5.75 Å². The minimum Gasteiger partial charge on any atom is -0.497 e. The molecule has 124 valence electrons. The van der Waals surface area contributed by atoms with Crippen LogP contribution < -0.4 is 4.74 Å². The summed E-state index contributed by atoms with van der Waals surface area (Å²) in [4.78, 5) is 11.9. The summed E-state index contributed by atoms with van der Waals surface area (Å²) < 4.78 is 11.8. The molecule has 0 N–H and O–H groups in total. The fraction of sp³-hybridized carbons (Fsp3) is 0.250. The molecular formula is C20H21NO3. The van der Waals surface area contributed by atoms with E-state index in [9.17, 15) is 4.79 Å². The van der Waals surface area contributed by atoms with Crippen LogP contribution in [0.2, 0.25) is 0 Å². The van der Waals surface area contributed by atoms with E-state index in [1.54, 1.807) is 24.8 Å². The number of hydrogen-bond donors (Lipinski definition) is 0. The number of rotatable bonds is 5. The van der Waals surface area contributed by atoms with Crippen LogP contribution in [-0.2, 0) is 17.6 Å². The molecule has 2 aromatic carbocycles. The molecule has 3 rings (SSSR count). The average Bonchev–Trinajstić information content (AvgIpc) is 3.04. The second-order valence-electron chi connectivity index (χ2n) is 5.63. The number of fused-ring (bicyclic) bond motifs is 1. The van der Waals surface area contributed by atoms with E-state index in [1.807, 2.05) is 24.3 Å². The Bertz CT molecular complexity index is 834. The Morgan fingerprint density at radius 3 is 2.42 bits per heavy atom. The van der Waals surface area contributed by atoms with Crippen molar-refractivity contribution < 1.29 is 14.3 Å². The van der Waals surface area contributed by atoms with Gasteiger partial charge in [0.15, 0.2) is 0 Å². The van der Waals surface area contributed by atoms with Crippen LogP contribution in [0.4, 0.5) is 4.79 Å². The highest BCUT2D eigenvalue weighted by Crippen LogP contribution is 2.20. The molecule has 0 aliphatic rings. The van der Waals surface area contributed by atoms with Crippen LogP contribution in [0.15, 0.2) is 54.7 Å². The molecule has 4 heteroatoms. The maximum atomic E-state index is 11.9. The van der Waals surface area contributed by atoms with Gasteiger partial charge >= 0.3 is 6.09 Å². The van der Waals surface area contributed by atoms with Crippen LogP contribution >= 0.6 is 0 Å². The molecule has 0 radical (unpaired) electrons. The summed E-state index contributed by atoms with van der Waals surface area (Å²) in [5, 5.41) is 1.05. The van der Waals surface area contributed by atoms with Crippen molar-refractivity contribution in [1.82, 2.24) is 4.57 Å². The Kier molecular flexibility index (Phi) is 4.85. The SMILES string of the molecule is CCOC(=O)n1ccc2cc(CCc3ccc(OC)cc3)ccc21. The predicted octanol–water partition coefficient (Wildman–Crippen LogP) is 4.44. The van der Waals surface area contributed by atoms with Gasteiger partial charge in [-0.2, -0.15) is 0 Å². The second kappa shape index (κ2) is 7.21. The minimum absolute atomic E-state index is 0.335. The Hall–Kier alpha value is -2.75. The molecule has 1 heterocycles. The number of aromatic nitrogens is 1. The molecule has 0 aliphatic carbocycles. The van der Waals surface area contributed by atoms with Gasteiger partial charge in [-0.05, 0) is 61.2 Å². The lowest BCUT2D eigenvalue weighted by Crippen LogP contribution is -2.11. The van der Waals surface area contributed by atoms with Crippen molar-refractivity contribution in [2.24, 2.45) is 0 Å². The minimum atomic E-state index is -0.335. The molecule has 0 atom stereocenters. The van der Waals surface area contributed by atoms with Crippen LogP contribution in [-0.4, -0.2) is 24.4 Å². The Labute approximate surface area is 141 Å². The van der Waals surface area contributed by atoms with Gasteiger partial charge in [0.05, 0.1) is 19.2 Å². The van der Waals surface area contributed by atoms with Crippen molar-refractivity contribution in [2.45, 2.75) is 19.8 Å². The third kappa shape index (κ3) is 3.43. The highest BCUT2D eigenvalue weighted by Gasteiger charge is 2.09. The summed E-state index contributed by atoms with van der Waals surface area (Å²) in [6.07, 6.45) is 3.34. The van der Waals surface area contributed by atoms with Crippen molar-refractivity contribution in [3.63, 3.8) is 0 Å². The first-order chi connectivity index (χ1) is 11.7. The van der Waals surface area contributed by atoms with Gasteiger partial charge in [-0.15, -0.1) is 0 Å². The average molecular weight is 323 g/mol. The summed E-state index contributed by atoms with van der Waals surface area (Å²) in [7, 11) is 1.67. The van der Waals surface area contributed by atoms with Crippen molar-refractivity contribution in [2.75, 3.05) is 13.7 Å².